The Morgan fingerprint density at radius 1 is 0.329 bits per heavy atom. The lowest BCUT2D eigenvalue weighted by Gasteiger charge is -2.22. The first-order valence-electron chi connectivity index (χ1n) is 37.6. The number of carbonyl (C=O) groups is 2. The van der Waals surface area contributed by atoms with Crippen LogP contribution in [0, 0.1) is 0 Å². The number of rotatable bonds is 71. The Hall–Kier alpha value is -1.66. The number of unbranched alkanes of at least 4 members (excludes halogenated alkanes) is 56. The number of aliphatic hydroxyl groups excluding tert-OH is 2. The van der Waals surface area contributed by atoms with Crippen molar-refractivity contribution in [1.29, 1.82) is 0 Å². The molecule has 3 N–H and O–H groups in total. The first-order valence-corrected chi connectivity index (χ1v) is 37.6. The predicted molar refractivity (Wildman–Crippen MR) is 361 cm³/mol. The van der Waals surface area contributed by atoms with E-state index in [-0.39, 0.29) is 18.5 Å². The van der Waals surface area contributed by atoms with Gasteiger partial charge in [0.25, 0.3) is 0 Å². The number of hydrogen-bond acceptors (Lipinski definition) is 5. The topological polar surface area (TPSA) is 95.9 Å². The van der Waals surface area contributed by atoms with Gasteiger partial charge in [0, 0.05) is 12.8 Å². The molecule has 0 bridgehead atoms. The summed E-state index contributed by atoms with van der Waals surface area (Å²) >= 11 is 0. The van der Waals surface area contributed by atoms with Crippen LogP contribution in [0.25, 0.3) is 0 Å². The van der Waals surface area contributed by atoms with Crippen LogP contribution < -0.4 is 5.32 Å². The summed E-state index contributed by atoms with van der Waals surface area (Å²) in [6, 6.07) is -0.543. The van der Waals surface area contributed by atoms with Crippen molar-refractivity contribution in [3.63, 3.8) is 0 Å². The van der Waals surface area contributed by atoms with Crippen LogP contribution in [0.2, 0.25) is 0 Å². The van der Waals surface area contributed by atoms with Gasteiger partial charge in [0.05, 0.1) is 25.4 Å². The van der Waals surface area contributed by atoms with Crippen molar-refractivity contribution in [2.24, 2.45) is 0 Å². The lowest BCUT2D eigenvalue weighted by molar-refractivity contribution is -0.143. The zero-order valence-corrected chi connectivity index (χ0v) is 55.8. The molecule has 0 rings (SSSR count). The first-order chi connectivity index (χ1) is 40.5. The van der Waals surface area contributed by atoms with Crippen LogP contribution >= 0.6 is 0 Å². The number of ether oxygens (including phenoxy) is 1. The molecule has 0 radical (unpaired) electrons. The first kappa shape index (κ1) is 80.3. The predicted octanol–water partition coefficient (Wildman–Crippen LogP) is 24.5. The fourth-order valence-electron chi connectivity index (χ4n) is 12.0. The molecule has 486 valence electrons. The number of esters is 1. The zero-order chi connectivity index (χ0) is 59.2. The molecule has 0 aromatic rings. The Kier molecular flexibility index (Phi) is 70.4. The van der Waals surface area contributed by atoms with Crippen molar-refractivity contribution < 1.29 is 24.5 Å². The smallest absolute Gasteiger partial charge is 0.305 e. The van der Waals surface area contributed by atoms with Crippen molar-refractivity contribution in [2.45, 2.75) is 437 Å². The molecule has 0 saturated carbocycles. The highest BCUT2D eigenvalue weighted by molar-refractivity contribution is 5.76. The monoisotopic (exact) mass is 1150 g/mol. The summed E-state index contributed by atoms with van der Waals surface area (Å²) in [6.45, 7) is 4.97. The molecule has 0 aliphatic rings. The van der Waals surface area contributed by atoms with Crippen LogP contribution in [0.3, 0.4) is 0 Å². The molecule has 0 spiro atoms. The lowest BCUT2D eigenvalue weighted by atomic mass is 10.0. The van der Waals surface area contributed by atoms with Crippen LogP contribution in [0.4, 0.5) is 0 Å². The maximum atomic E-state index is 12.6. The second-order valence-corrected chi connectivity index (χ2v) is 26.0. The number of aliphatic hydroxyl groups is 2. The molecule has 2 unspecified atom stereocenters. The average molecular weight is 1160 g/mol. The van der Waals surface area contributed by atoms with Crippen LogP contribution in [-0.4, -0.2) is 47.4 Å². The van der Waals surface area contributed by atoms with Crippen molar-refractivity contribution in [2.75, 3.05) is 13.2 Å². The van der Waals surface area contributed by atoms with Crippen LogP contribution in [0.5, 0.6) is 0 Å². The number of carbonyl (C=O) groups excluding carboxylic acids is 2. The van der Waals surface area contributed by atoms with Crippen LogP contribution in [-0.2, 0) is 14.3 Å². The molecule has 1 amide bonds. The minimum atomic E-state index is -0.666. The zero-order valence-electron chi connectivity index (χ0n) is 55.8. The van der Waals surface area contributed by atoms with Gasteiger partial charge < -0.3 is 20.3 Å². The van der Waals surface area contributed by atoms with Crippen LogP contribution in [0.1, 0.15) is 425 Å². The van der Waals surface area contributed by atoms with Crippen molar-refractivity contribution in [1.82, 2.24) is 5.32 Å². The van der Waals surface area contributed by atoms with Crippen molar-refractivity contribution in [3.05, 3.63) is 24.3 Å². The summed E-state index contributed by atoms with van der Waals surface area (Å²) < 4.78 is 5.47. The van der Waals surface area contributed by atoms with Gasteiger partial charge in [0.1, 0.15) is 0 Å². The highest BCUT2D eigenvalue weighted by atomic mass is 16.5. The molecule has 0 aliphatic carbocycles. The van der Waals surface area contributed by atoms with E-state index in [1.54, 1.807) is 0 Å². The van der Waals surface area contributed by atoms with Gasteiger partial charge >= 0.3 is 5.97 Å². The maximum absolute atomic E-state index is 12.6. The molecule has 0 aromatic carbocycles. The van der Waals surface area contributed by atoms with Gasteiger partial charge in [0.2, 0.25) is 5.91 Å². The van der Waals surface area contributed by atoms with Crippen LogP contribution in [0.15, 0.2) is 24.3 Å². The van der Waals surface area contributed by atoms with Gasteiger partial charge in [-0.25, -0.2) is 0 Å². The number of hydrogen-bond donors (Lipinski definition) is 3. The van der Waals surface area contributed by atoms with Gasteiger partial charge in [-0.1, -0.05) is 359 Å². The highest BCUT2D eigenvalue weighted by Gasteiger charge is 2.20. The molecule has 6 heteroatoms. The molecule has 6 nitrogen and oxygen atoms in total. The second kappa shape index (κ2) is 71.8. The minimum absolute atomic E-state index is 0.00657. The summed E-state index contributed by atoms with van der Waals surface area (Å²) in [5, 5.41) is 23.5. The molecular formula is C76H147NO5. The number of allylic oxidation sites excluding steroid dienone is 4. The van der Waals surface area contributed by atoms with E-state index in [2.05, 4.69) is 43.5 Å². The van der Waals surface area contributed by atoms with Gasteiger partial charge in [0.15, 0.2) is 0 Å². The Morgan fingerprint density at radius 2 is 0.573 bits per heavy atom. The summed E-state index contributed by atoms with van der Waals surface area (Å²) in [7, 11) is 0. The Bertz CT molecular complexity index is 1280. The Labute approximate surface area is 513 Å². The second-order valence-electron chi connectivity index (χ2n) is 26.0. The van der Waals surface area contributed by atoms with E-state index >= 15 is 0 Å². The van der Waals surface area contributed by atoms with Gasteiger partial charge in [-0.2, -0.15) is 0 Å². The average Bonchev–Trinajstić information content (AvgIpc) is 3.48. The molecule has 0 fully saturated rings. The van der Waals surface area contributed by atoms with E-state index in [1.807, 2.05) is 0 Å². The normalized spacial score (nSPS) is 12.6. The largest absolute Gasteiger partial charge is 0.466 e. The van der Waals surface area contributed by atoms with E-state index < -0.39 is 12.1 Å². The summed E-state index contributed by atoms with van der Waals surface area (Å²) in [6.07, 6.45) is 91.1. The third kappa shape index (κ3) is 67.5. The molecule has 82 heavy (non-hydrogen) atoms. The summed E-state index contributed by atoms with van der Waals surface area (Å²) in [4.78, 5) is 24.6. The molecule has 0 saturated heterocycles. The maximum Gasteiger partial charge on any atom is 0.305 e. The van der Waals surface area contributed by atoms with Crippen molar-refractivity contribution >= 4 is 11.9 Å². The minimum Gasteiger partial charge on any atom is -0.466 e. The molecule has 0 aromatic heterocycles. The fourth-order valence-corrected chi connectivity index (χ4v) is 12.0. The van der Waals surface area contributed by atoms with E-state index in [4.69, 9.17) is 4.74 Å². The molecular weight excluding hydrogens is 1010 g/mol. The Balaban J connectivity index is 3.38. The van der Waals surface area contributed by atoms with Gasteiger partial charge in [-0.05, 0) is 77.0 Å². The third-order valence-corrected chi connectivity index (χ3v) is 17.7. The van der Waals surface area contributed by atoms with E-state index in [0.29, 0.717) is 25.9 Å². The highest BCUT2D eigenvalue weighted by Crippen LogP contribution is 2.19. The SMILES string of the molecule is CCCCC/C=C\CCCCCCCC(=O)OCCCCCCCCCCCCCC/C=C\CCCCCCCCCCCCCCC(=O)NC(CO)C(O)CCCCCCCCCCCCCCCCCCCCCCCCCCC. The Morgan fingerprint density at radius 3 is 0.890 bits per heavy atom. The lowest BCUT2D eigenvalue weighted by Crippen LogP contribution is -2.45. The molecule has 0 aliphatic heterocycles. The van der Waals surface area contributed by atoms with Crippen molar-refractivity contribution in [3.8, 4) is 0 Å². The van der Waals surface area contributed by atoms with Gasteiger partial charge in [-0.3, -0.25) is 9.59 Å². The summed E-state index contributed by atoms with van der Waals surface area (Å²) in [5.74, 6) is -0.0230. The number of amides is 1. The van der Waals surface area contributed by atoms with E-state index in [1.165, 1.54) is 347 Å². The van der Waals surface area contributed by atoms with E-state index in [0.717, 1.165) is 44.9 Å². The van der Waals surface area contributed by atoms with E-state index in [9.17, 15) is 19.8 Å². The standard InChI is InChI=1S/C76H147NO5/c1-3-5-7-9-11-13-15-17-18-19-20-21-22-27-30-33-36-39-42-45-48-52-56-60-64-68-74(79)73(72-78)77-75(80)69-65-61-57-53-49-46-43-40-37-34-31-28-25-23-24-26-29-32-35-38-41-44-47-51-55-59-63-67-71-82-76(81)70-66-62-58-54-50-16-14-12-10-8-6-4-2/h12,14,23-24,73-74,78-79H,3-11,13,15-22,25-72H2,1-2H3,(H,77,80)/b14-12-,24-23-. The quantitative estimate of drug-likeness (QED) is 0.0320. The number of nitrogens with one attached hydrogen (secondary N) is 1. The third-order valence-electron chi connectivity index (χ3n) is 17.7. The summed E-state index contributed by atoms with van der Waals surface area (Å²) in [5.41, 5.74) is 0. The molecule has 0 heterocycles. The fraction of sp³-hybridized carbons (Fsp3) is 0.921. The molecule has 2 atom stereocenters. The van der Waals surface area contributed by atoms with Gasteiger partial charge in [-0.15, -0.1) is 0 Å².